The van der Waals surface area contributed by atoms with Gasteiger partial charge in [-0.1, -0.05) is 41.0 Å². The zero-order valence-corrected chi connectivity index (χ0v) is 22.7. The molecular weight excluding hydrogens is 537 g/mol. The lowest BCUT2D eigenvalue weighted by atomic mass is 10.1. The molecular formula is C24H29Cl2N7O3S. The summed E-state index contributed by atoms with van der Waals surface area (Å²) in [5.74, 6) is 0.293. The number of anilines is 2. The Morgan fingerprint density at radius 2 is 2.03 bits per heavy atom. The third-order valence-electron chi connectivity index (χ3n) is 6.15. The van der Waals surface area contributed by atoms with Crippen molar-refractivity contribution >= 4 is 64.3 Å². The lowest BCUT2D eigenvalue weighted by Gasteiger charge is -2.40. The number of aromatic nitrogens is 2. The summed E-state index contributed by atoms with van der Waals surface area (Å²) in [6, 6.07) is 7.91. The maximum Gasteiger partial charge on any atom is 0.322 e. The predicted octanol–water partition coefficient (Wildman–Crippen LogP) is 3.40. The number of hydrogen-bond acceptors (Lipinski definition) is 7. The number of amides is 4. The zero-order valence-electron chi connectivity index (χ0n) is 20.4. The highest BCUT2D eigenvalue weighted by molar-refractivity contribution is 7.99. The molecule has 0 unspecified atom stereocenters. The number of urea groups is 1. The first-order chi connectivity index (χ1) is 17.8. The molecule has 2 aliphatic rings. The quantitative estimate of drug-likeness (QED) is 0.279. The van der Waals surface area contributed by atoms with Crippen molar-refractivity contribution < 1.29 is 14.4 Å². The second-order valence-corrected chi connectivity index (χ2v) is 10.7. The molecule has 0 saturated carbocycles. The number of rotatable bonds is 6. The van der Waals surface area contributed by atoms with Crippen molar-refractivity contribution in [1.82, 2.24) is 25.5 Å². The number of piperazine rings is 1. The smallest absolute Gasteiger partial charge is 0.322 e. The third kappa shape index (κ3) is 7.62. The maximum absolute atomic E-state index is 12.8. The first-order valence-corrected chi connectivity index (χ1v) is 13.9. The molecule has 2 fully saturated rings. The van der Waals surface area contributed by atoms with Crippen LogP contribution in [0, 0.1) is 0 Å². The normalized spacial score (nSPS) is 20.1. The summed E-state index contributed by atoms with van der Waals surface area (Å²) in [7, 11) is 0. The first-order valence-electron chi connectivity index (χ1n) is 12.1. The van der Waals surface area contributed by atoms with Gasteiger partial charge in [-0.3, -0.25) is 9.59 Å². The summed E-state index contributed by atoms with van der Waals surface area (Å²) in [6.45, 7) is 4.21. The Morgan fingerprint density at radius 1 is 1.19 bits per heavy atom. The molecule has 2 aromatic rings. The molecule has 3 N–H and O–H groups in total. The molecule has 0 spiro atoms. The van der Waals surface area contributed by atoms with Crippen LogP contribution in [0.1, 0.15) is 26.2 Å². The van der Waals surface area contributed by atoms with Gasteiger partial charge in [-0.05, 0) is 44.4 Å². The Balaban J connectivity index is 1.32. The van der Waals surface area contributed by atoms with Gasteiger partial charge in [-0.2, -0.15) is 0 Å². The van der Waals surface area contributed by atoms with Crippen molar-refractivity contribution in [1.29, 1.82) is 0 Å². The van der Waals surface area contributed by atoms with Crippen LogP contribution in [0.4, 0.5) is 16.3 Å². The molecule has 0 radical (unpaired) electrons. The highest BCUT2D eigenvalue weighted by atomic mass is 35.5. The van der Waals surface area contributed by atoms with E-state index >= 15 is 0 Å². The van der Waals surface area contributed by atoms with Crippen molar-refractivity contribution in [2.75, 3.05) is 42.1 Å². The highest BCUT2D eigenvalue weighted by Gasteiger charge is 2.29. The molecule has 0 aliphatic carbocycles. The summed E-state index contributed by atoms with van der Waals surface area (Å²) >= 11 is 13.4. The van der Waals surface area contributed by atoms with Crippen molar-refractivity contribution in [2.45, 2.75) is 43.4 Å². The van der Waals surface area contributed by atoms with Crippen LogP contribution in [0.5, 0.6) is 0 Å². The lowest BCUT2D eigenvalue weighted by Crippen LogP contribution is -2.55. The van der Waals surface area contributed by atoms with Crippen molar-refractivity contribution in [3.8, 4) is 0 Å². The van der Waals surface area contributed by atoms with Gasteiger partial charge in [0.05, 0.1) is 5.75 Å². The molecule has 1 aromatic heterocycles. The van der Waals surface area contributed by atoms with Crippen LogP contribution in [0.25, 0.3) is 0 Å². The van der Waals surface area contributed by atoms with Gasteiger partial charge in [0.25, 0.3) is 0 Å². The molecule has 1 aromatic carbocycles. The summed E-state index contributed by atoms with van der Waals surface area (Å²) < 4.78 is 0. The number of benzene rings is 1. The van der Waals surface area contributed by atoms with Crippen LogP contribution in [-0.4, -0.2) is 76.7 Å². The van der Waals surface area contributed by atoms with E-state index in [0.29, 0.717) is 54.3 Å². The molecule has 198 valence electrons. The molecule has 4 amide bonds. The number of halogens is 2. The van der Waals surface area contributed by atoms with Crippen LogP contribution in [0.2, 0.25) is 10.2 Å². The van der Waals surface area contributed by atoms with Crippen LogP contribution >= 0.6 is 35.0 Å². The van der Waals surface area contributed by atoms with Crippen LogP contribution in [0.15, 0.2) is 35.5 Å². The van der Waals surface area contributed by atoms with E-state index in [4.69, 9.17) is 23.2 Å². The van der Waals surface area contributed by atoms with E-state index in [1.807, 2.05) is 11.8 Å². The number of nitrogens with one attached hydrogen (secondary N) is 3. The first kappa shape index (κ1) is 27.3. The fourth-order valence-electron chi connectivity index (χ4n) is 4.28. The minimum absolute atomic E-state index is 0.0669. The Labute approximate surface area is 229 Å². The summed E-state index contributed by atoms with van der Waals surface area (Å²) in [6.07, 6.45) is 2.41. The topological polar surface area (TPSA) is 120 Å². The summed E-state index contributed by atoms with van der Waals surface area (Å²) in [5, 5.41) is 9.69. The predicted molar refractivity (Wildman–Crippen MR) is 145 cm³/mol. The van der Waals surface area contributed by atoms with Gasteiger partial charge in [0, 0.05) is 49.0 Å². The third-order valence-corrected chi connectivity index (χ3v) is 7.43. The molecule has 10 nitrogen and oxygen atoms in total. The average Bonchev–Trinajstić information content (AvgIpc) is 3.06. The van der Waals surface area contributed by atoms with Gasteiger partial charge in [0.1, 0.15) is 17.0 Å². The van der Waals surface area contributed by atoms with Crippen molar-refractivity contribution in [3.05, 3.63) is 40.5 Å². The standard InChI is InChI=1S/C24H29Cl2N7O3S/c1-15-13-32(9-10-33(15)24(36)28-17-6-4-5-16(25)11-17)20-12-19(26)30-23(31-20)37-14-21(34)29-18-7-2-3-8-27-22(18)35/h4-6,11-12,15,18H,2-3,7-10,13-14H2,1H3,(H,27,35)(H,28,36)(H,29,34)/t15-,18-/m1/s1. The van der Waals surface area contributed by atoms with Crippen LogP contribution < -0.4 is 20.9 Å². The maximum atomic E-state index is 12.8. The number of hydrogen-bond donors (Lipinski definition) is 3. The fourth-order valence-corrected chi connectivity index (χ4v) is 5.37. The largest absolute Gasteiger partial charge is 0.354 e. The number of carbonyl (C=O) groups is 3. The van der Waals surface area contributed by atoms with Gasteiger partial charge in [-0.25, -0.2) is 14.8 Å². The van der Waals surface area contributed by atoms with E-state index in [9.17, 15) is 14.4 Å². The van der Waals surface area contributed by atoms with E-state index in [1.54, 1.807) is 35.2 Å². The molecule has 2 atom stereocenters. The van der Waals surface area contributed by atoms with E-state index < -0.39 is 6.04 Å². The second-order valence-electron chi connectivity index (χ2n) is 8.96. The van der Waals surface area contributed by atoms with E-state index in [1.165, 1.54) is 0 Å². The molecule has 3 heterocycles. The molecule has 2 saturated heterocycles. The minimum Gasteiger partial charge on any atom is -0.354 e. The second kappa shape index (κ2) is 12.7. The Kier molecular flexibility index (Phi) is 9.33. The fraction of sp³-hybridized carbons (Fsp3) is 0.458. The highest BCUT2D eigenvalue weighted by Crippen LogP contribution is 2.25. The van der Waals surface area contributed by atoms with Crippen LogP contribution in [-0.2, 0) is 9.59 Å². The van der Waals surface area contributed by atoms with Gasteiger partial charge >= 0.3 is 6.03 Å². The van der Waals surface area contributed by atoms with E-state index in [-0.39, 0.29) is 34.8 Å². The molecule has 2 aliphatic heterocycles. The zero-order chi connectivity index (χ0) is 26.4. The Morgan fingerprint density at radius 3 is 2.81 bits per heavy atom. The number of thioether (sulfide) groups is 1. The van der Waals surface area contributed by atoms with Crippen molar-refractivity contribution in [3.63, 3.8) is 0 Å². The Bertz CT molecular complexity index is 1160. The van der Waals surface area contributed by atoms with Gasteiger partial charge in [0.15, 0.2) is 5.16 Å². The van der Waals surface area contributed by atoms with Gasteiger partial charge in [-0.15, -0.1) is 0 Å². The summed E-state index contributed by atoms with van der Waals surface area (Å²) in [4.78, 5) is 50.0. The van der Waals surface area contributed by atoms with Gasteiger partial charge in [0.2, 0.25) is 11.8 Å². The van der Waals surface area contributed by atoms with E-state index in [2.05, 4.69) is 25.9 Å². The Hall–Kier alpha value is -2.76. The monoisotopic (exact) mass is 565 g/mol. The van der Waals surface area contributed by atoms with E-state index in [0.717, 1.165) is 24.6 Å². The van der Waals surface area contributed by atoms with Gasteiger partial charge < -0.3 is 25.8 Å². The lowest BCUT2D eigenvalue weighted by molar-refractivity contribution is -0.127. The molecule has 4 rings (SSSR count). The molecule has 0 bridgehead atoms. The summed E-state index contributed by atoms with van der Waals surface area (Å²) in [5.41, 5.74) is 0.639. The molecule has 37 heavy (non-hydrogen) atoms. The number of nitrogens with zero attached hydrogens (tertiary/aromatic N) is 4. The minimum atomic E-state index is -0.514. The number of carbonyl (C=O) groups excluding carboxylic acids is 3. The van der Waals surface area contributed by atoms with Crippen molar-refractivity contribution in [2.24, 2.45) is 0 Å². The average molecular weight is 567 g/mol. The SMILES string of the molecule is C[C@@H]1CN(c2cc(Cl)nc(SCC(=O)N[C@@H]3CCCCNC3=O)n2)CCN1C(=O)Nc1cccc(Cl)c1. The molecule has 13 heteroatoms. The van der Waals surface area contributed by atoms with Crippen LogP contribution in [0.3, 0.4) is 0 Å².